The van der Waals surface area contributed by atoms with E-state index in [0.717, 1.165) is 28.6 Å². The Morgan fingerprint density at radius 1 is 1.20 bits per heavy atom. The van der Waals surface area contributed by atoms with Gasteiger partial charge in [0.25, 0.3) is 5.91 Å². The molecular formula is C20H26N2O3. The van der Waals surface area contributed by atoms with E-state index >= 15 is 0 Å². The van der Waals surface area contributed by atoms with Crippen molar-refractivity contribution in [2.75, 3.05) is 6.61 Å². The summed E-state index contributed by atoms with van der Waals surface area (Å²) in [4.78, 5) is 29.2. The van der Waals surface area contributed by atoms with Crippen LogP contribution in [-0.4, -0.2) is 29.5 Å². The normalized spacial score (nSPS) is 12.2. The highest BCUT2D eigenvalue weighted by molar-refractivity contribution is 6.05. The number of ether oxygens (including phenoxy) is 1. The van der Waals surface area contributed by atoms with Gasteiger partial charge in [0.2, 0.25) is 0 Å². The number of esters is 1. The fraction of sp³-hybridized carbons (Fsp3) is 0.450. The molecule has 0 saturated carbocycles. The van der Waals surface area contributed by atoms with Crippen molar-refractivity contribution >= 4 is 22.8 Å². The molecule has 0 aliphatic carbocycles. The summed E-state index contributed by atoms with van der Waals surface area (Å²) in [6.45, 7) is 9.56. The lowest BCUT2D eigenvalue weighted by molar-refractivity contribution is -0.125. The van der Waals surface area contributed by atoms with E-state index in [1.165, 1.54) is 0 Å². The van der Waals surface area contributed by atoms with Gasteiger partial charge in [0.15, 0.2) is 6.61 Å². The lowest BCUT2D eigenvalue weighted by Crippen LogP contribution is -2.38. The number of hydrogen-bond donors (Lipinski definition) is 1. The minimum atomic E-state index is -0.488. The number of rotatable bonds is 6. The third kappa shape index (κ3) is 4.35. The summed E-state index contributed by atoms with van der Waals surface area (Å²) in [6.07, 6.45) is 0.726. The van der Waals surface area contributed by atoms with Gasteiger partial charge in [-0.05, 0) is 37.8 Å². The first-order valence-corrected chi connectivity index (χ1v) is 8.69. The smallest absolute Gasteiger partial charge is 0.339 e. The van der Waals surface area contributed by atoms with E-state index in [9.17, 15) is 9.59 Å². The number of aromatic nitrogens is 1. The van der Waals surface area contributed by atoms with Crippen molar-refractivity contribution < 1.29 is 14.3 Å². The molecule has 1 heterocycles. The zero-order valence-electron chi connectivity index (χ0n) is 15.6. The van der Waals surface area contributed by atoms with Gasteiger partial charge in [0.1, 0.15) is 0 Å². The summed E-state index contributed by atoms with van der Waals surface area (Å²) in [5, 5.41) is 3.58. The van der Waals surface area contributed by atoms with Gasteiger partial charge in [-0.1, -0.05) is 39.0 Å². The molecule has 1 amide bonds. The van der Waals surface area contributed by atoms with Crippen LogP contribution in [0.2, 0.25) is 0 Å². The molecule has 1 N–H and O–H groups in total. The largest absolute Gasteiger partial charge is 0.452 e. The van der Waals surface area contributed by atoms with Gasteiger partial charge in [-0.15, -0.1) is 0 Å². The maximum absolute atomic E-state index is 12.6. The van der Waals surface area contributed by atoms with Crippen LogP contribution in [0, 0.1) is 12.8 Å². The van der Waals surface area contributed by atoms with Crippen LogP contribution < -0.4 is 5.32 Å². The zero-order valence-corrected chi connectivity index (χ0v) is 15.6. The molecule has 0 aliphatic heterocycles. The van der Waals surface area contributed by atoms with Crippen molar-refractivity contribution in [2.24, 2.45) is 5.92 Å². The summed E-state index contributed by atoms with van der Waals surface area (Å²) in [7, 11) is 0. The Morgan fingerprint density at radius 3 is 2.52 bits per heavy atom. The predicted molar refractivity (Wildman–Crippen MR) is 98.6 cm³/mol. The van der Waals surface area contributed by atoms with Crippen LogP contribution in [0.5, 0.6) is 0 Å². The Balaban J connectivity index is 2.22. The number of carbonyl (C=O) groups is 2. The second kappa shape index (κ2) is 8.10. The molecule has 25 heavy (non-hydrogen) atoms. The summed E-state index contributed by atoms with van der Waals surface area (Å²) < 4.78 is 5.28. The highest BCUT2D eigenvalue weighted by Crippen LogP contribution is 2.24. The molecule has 2 aromatic rings. The van der Waals surface area contributed by atoms with E-state index in [1.54, 1.807) is 0 Å². The number of carbonyl (C=O) groups excluding carboxylic acids is 2. The molecule has 1 aromatic carbocycles. The fourth-order valence-corrected chi connectivity index (χ4v) is 2.63. The van der Waals surface area contributed by atoms with E-state index in [-0.39, 0.29) is 18.6 Å². The zero-order chi connectivity index (χ0) is 18.6. The van der Waals surface area contributed by atoms with E-state index in [4.69, 9.17) is 4.74 Å². The van der Waals surface area contributed by atoms with Crippen LogP contribution in [0.3, 0.4) is 0 Å². The molecule has 5 heteroatoms. The third-order valence-corrected chi connectivity index (χ3v) is 4.50. The molecule has 0 aliphatic rings. The fourth-order valence-electron chi connectivity index (χ4n) is 2.63. The minimum absolute atomic E-state index is 0.0291. The number of aryl methyl sites for hydroxylation is 1. The van der Waals surface area contributed by atoms with Gasteiger partial charge in [-0.2, -0.15) is 0 Å². The molecule has 0 unspecified atom stereocenters. The lowest BCUT2D eigenvalue weighted by Gasteiger charge is -2.17. The second-order valence-corrected chi connectivity index (χ2v) is 6.61. The van der Waals surface area contributed by atoms with Gasteiger partial charge >= 0.3 is 5.97 Å². The Hall–Kier alpha value is -2.43. The van der Waals surface area contributed by atoms with Crippen LogP contribution in [0.4, 0.5) is 0 Å². The summed E-state index contributed by atoms with van der Waals surface area (Å²) in [5.74, 6) is -0.461. The molecule has 1 atom stereocenters. The van der Waals surface area contributed by atoms with Gasteiger partial charge < -0.3 is 10.1 Å². The van der Waals surface area contributed by atoms with Crippen molar-refractivity contribution in [2.45, 2.75) is 47.1 Å². The van der Waals surface area contributed by atoms with Crippen molar-refractivity contribution in [1.29, 1.82) is 0 Å². The number of nitrogens with zero attached hydrogens (tertiary/aromatic N) is 1. The molecule has 0 spiro atoms. The number of pyridine rings is 1. The van der Waals surface area contributed by atoms with Crippen LogP contribution in [0.25, 0.3) is 10.9 Å². The Kier molecular flexibility index (Phi) is 6.12. The molecular weight excluding hydrogens is 316 g/mol. The maximum atomic E-state index is 12.6. The average molecular weight is 342 g/mol. The van der Waals surface area contributed by atoms with Crippen molar-refractivity contribution in [3.8, 4) is 0 Å². The Morgan fingerprint density at radius 2 is 1.88 bits per heavy atom. The maximum Gasteiger partial charge on any atom is 0.339 e. The first kappa shape index (κ1) is 18.9. The first-order valence-electron chi connectivity index (χ1n) is 8.69. The van der Waals surface area contributed by atoms with E-state index in [1.807, 2.05) is 58.9 Å². The van der Waals surface area contributed by atoms with Crippen LogP contribution in [0.15, 0.2) is 24.3 Å². The van der Waals surface area contributed by atoms with Crippen molar-refractivity contribution in [1.82, 2.24) is 10.3 Å². The number of benzene rings is 1. The standard InChI is InChI=1S/C20H26N2O3/c1-6-16-13(4)19(15-9-7-8-10-17(15)22-16)20(24)25-11-18(23)21-14(5)12(2)3/h7-10,12,14H,6,11H2,1-5H3,(H,21,23)/t14-/m1/s1. The number of hydrogen-bond acceptors (Lipinski definition) is 4. The quantitative estimate of drug-likeness (QED) is 0.817. The Bertz CT molecular complexity index is 784. The molecule has 2 rings (SSSR count). The number of para-hydroxylation sites is 1. The molecule has 0 fully saturated rings. The monoisotopic (exact) mass is 342 g/mol. The van der Waals surface area contributed by atoms with Gasteiger partial charge in [-0.3, -0.25) is 9.78 Å². The Labute approximate surface area is 148 Å². The molecule has 0 radical (unpaired) electrons. The SMILES string of the molecule is CCc1nc2ccccc2c(C(=O)OCC(=O)N[C@H](C)C(C)C)c1C. The van der Waals surface area contributed by atoms with E-state index < -0.39 is 5.97 Å². The topological polar surface area (TPSA) is 68.3 Å². The number of amides is 1. The van der Waals surface area contributed by atoms with Gasteiger partial charge in [0.05, 0.1) is 11.1 Å². The third-order valence-electron chi connectivity index (χ3n) is 4.50. The molecule has 5 nitrogen and oxygen atoms in total. The second-order valence-electron chi connectivity index (χ2n) is 6.61. The average Bonchev–Trinajstić information content (AvgIpc) is 2.59. The number of fused-ring (bicyclic) bond motifs is 1. The molecule has 0 saturated heterocycles. The van der Waals surface area contributed by atoms with E-state index in [2.05, 4.69) is 10.3 Å². The summed E-state index contributed by atoms with van der Waals surface area (Å²) >= 11 is 0. The molecule has 0 bridgehead atoms. The highest BCUT2D eigenvalue weighted by Gasteiger charge is 2.20. The van der Waals surface area contributed by atoms with Crippen LogP contribution in [-0.2, 0) is 16.0 Å². The number of nitrogens with one attached hydrogen (secondary N) is 1. The van der Waals surface area contributed by atoms with Gasteiger partial charge in [-0.25, -0.2) is 4.79 Å². The van der Waals surface area contributed by atoms with Crippen LogP contribution in [0.1, 0.15) is 49.3 Å². The lowest BCUT2D eigenvalue weighted by atomic mass is 10.0. The molecule has 1 aromatic heterocycles. The van der Waals surface area contributed by atoms with Crippen molar-refractivity contribution in [3.63, 3.8) is 0 Å². The van der Waals surface area contributed by atoms with Crippen molar-refractivity contribution in [3.05, 3.63) is 41.1 Å². The minimum Gasteiger partial charge on any atom is -0.452 e. The van der Waals surface area contributed by atoms with Gasteiger partial charge in [0, 0.05) is 17.1 Å². The summed E-state index contributed by atoms with van der Waals surface area (Å²) in [6, 6.07) is 7.51. The van der Waals surface area contributed by atoms with Crippen LogP contribution >= 0.6 is 0 Å². The first-order chi connectivity index (χ1) is 11.8. The highest BCUT2D eigenvalue weighted by atomic mass is 16.5. The molecule has 134 valence electrons. The predicted octanol–water partition coefficient (Wildman–Crippen LogP) is 3.42. The summed E-state index contributed by atoms with van der Waals surface area (Å²) in [5.41, 5.74) is 2.92. The van der Waals surface area contributed by atoms with E-state index in [0.29, 0.717) is 11.5 Å².